The molecule has 1 aromatic heterocycles. The lowest BCUT2D eigenvalue weighted by Crippen LogP contribution is -2.17. The number of carbonyl (C=O) groups is 1. The highest BCUT2D eigenvalue weighted by molar-refractivity contribution is 6.34. The number of carbonyl (C=O) groups excluding carboxylic acids is 1. The molecule has 0 saturated carbocycles. The quantitative estimate of drug-likeness (QED) is 0.889. The highest BCUT2D eigenvalue weighted by atomic mass is 35.5. The van der Waals surface area contributed by atoms with Gasteiger partial charge in [-0.15, -0.1) is 0 Å². The predicted octanol–water partition coefficient (Wildman–Crippen LogP) is 4.39. The van der Waals surface area contributed by atoms with E-state index in [1.807, 2.05) is 26.0 Å². The lowest BCUT2D eigenvalue weighted by molar-refractivity contribution is 0.102. The van der Waals surface area contributed by atoms with Crippen LogP contribution in [0, 0.1) is 13.8 Å². The average Bonchev–Trinajstić information content (AvgIpc) is 2.46. The first kappa shape index (κ1) is 16.3. The molecule has 116 valence electrons. The van der Waals surface area contributed by atoms with Crippen LogP contribution in [-0.4, -0.2) is 17.5 Å². The van der Waals surface area contributed by atoms with E-state index in [2.05, 4.69) is 10.3 Å². The van der Waals surface area contributed by atoms with Gasteiger partial charge in [0.2, 0.25) is 0 Å². The molecule has 5 heteroatoms. The first-order valence-electron chi connectivity index (χ1n) is 7.19. The summed E-state index contributed by atoms with van der Waals surface area (Å²) < 4.78 is 5.70. The monoisotopic (exact) mass is 318 g/mol. The number of pyridine rings is 1. The van der Waals surface area contributed by atoms with Crippen LogP contribution in [0.15, 0.2) is 30.3 Å². The van der Waals surface area contributed by atoms with E-state index in [0.717, 1.165) is 12.1 Å². The SMILES string of the molecule is CCCOc1cc(C)nc(C)c1C(=O)Nc1ccccc1Cl. The Morgan fingerprint density at radius 1 is 1.32 bits per heavy atom. The standard InChI is InChI=1S/C17H19ClN2O2/c1-4-9-22-15-10-11(2)19-12(3)16(15)17(21)20-14-8-6-5-7-13(14)18/h5-8,10H,4,9H2,1-3H3,(H,20,21). The minimum Gasteiger partial charge on any atom is -0.493 e. The van der Waals surface area contributed by atoms with Crippen molar-refractivity contribution >= 4 is 23.2 Å². The summed E-state index contributed by atoms with van der Waals surface area (Å²) in [5, 5.41) is 3.30. The first-order valence-corrected chi connectivity index (χ1v) is 7.57. The summed E-state index contributed by atoms with van der Waals surface area (Å²) in [4.78, 5) is 16.9. The van der Waals surface area contributed by atoms with Crippen molar-refractivity contribution in [2.24, 2.45) is 0 Å². The molecular weight excluding hydrogens is 300 g/mol. The Morgan fingerprint density at radius 2 is 2.05 bits per heavy atom. The Bertz CT molecular complexity index is 686. The zero-order valence-electron chi connectivity index (χ0n) is 12.9. The molecule has 0 atom stereocenters. The second-order valence-electron chi connectivity index (χ2n) is 5.00. The van der Waals surface area contributed by atoms with E-state index < -0.39 is 0 Å². The normalized spacial score (nSPS) is 10.4. The molecule has 1 heterocycles. The van der Waals surface area contributed by atoms with Gasteiger partial charge in [-0.1, -0.05) is 30.7 Å². The molecule has 0 spiro atoms. The van der Waals surface area contributed by atoms with Crippen molar-refractivity contribution in [1.29, 1.82) is 0 Å². The van der Waals surface area contributed by atoms with Gasteiger partial charge in [-0.05, 0) is 32.4 Å². The summed E-state index contributed by atoms with van der Waals surface area (Å²) in [5.41, 5.74) is 2.46. The third-order valence-corrected chi connectivity index (χ3v) is 3.43. The maximum absolute atomic E-state index is 12.6. The smallest absolute Gasteiger partial charge is 0.261 e. The average molecular weight is 319 g/mol. The third-order valence-electron chi connectivity index (χ3n) is 3.10. The predicted molar refractivity (Wildman–Crippen MR) is 88.9 cm³/mol. The van der Waals surface area contributed by atoms with Gasteiger partial charge < -0.3 is 10.1 Å². The van der Waals surface area contributed by atoms with Gasteiger partial charge in [0.25, 0.3) is 5.91 Å². The molecule has 4 nitrogen and oxygen atoms in total. The summed E-state index contributed by atoms with van der Waals surface area (Å²) >= 11 is 6.08. The van der Waals surface area contributed by atoms with Crippen molar-refractivity contribution < 1.29 is 9.53 Å². The Hall–Kier alpha value is -2.07. The Kier molecular flexibility index (Phi) is 5.39. The number of aromatic nitrogens is 1. The highest BCUT2D eigenvalue weighted by Crippen LogP contribution is 2.26. The molecule has 1 amide bonds. The van der Waals surface area contributed by atoms with Gasteiger partial charge in [0.1, 0.15) is 11.3 Å². The van der Waals surface area contributed by atoms with Crippen molar-refractivity contribution in [3.8, 4) is 5.75 Å². The number of nitrogens with zero attached hydrogens (tertiary/aromatic N) is 1. The van der Waals surface area contributed by atoms with Crippen molar-refractivity contribution in [3.63, 3.8) is 0 Å². The molecule has 1 aromatic carbocycles. The van der Waals surface area contributed by atoms with E-state index in [1.54, 1.807) is 25.1 Å². The van der Waals surface area contributed by atoms with Crippen LogP contribution >= 0.6 is 11.6 Å². The molecule has 0 radical (unpaired) electrons. The topological polar surface area (TPSA) is 51.2 Å². The number of aryl methyl sites for hydroxylation is 2. The van der Waals surface area contributed by atoms with E-state index in [1.165, 1.54) is 0 Å². The molecular formula is C17H19ClN2O2. The third kappa shape index (κ3) is 3.77. The van der Waals surface area contributed by atoms with Crippen LogP contribution in [0.4, 0.5) is 5.69 Å². The van der Waals surface area contributed by atoms with Gasteiger partial charge in [-0.3, -0.25) is 9.78 Å². The molecule has 0 aliphatic carbocycles. The molecule has 0 aliphatic rings. The zero-order valence-corrected chi connectivity index (χ0v) is 13.7. The lowest BCUT2D eigenvalue weighted by Gasteiger charge is -2.14. The van der Waals surface area contributed by atoms with Crippen LogP contribution in [0.1, 0.15) is 35.1 Å². The van der Waals surface area contributed by atoms with Gasteiger partial charge in [0, 0.05) is 11.8 Å². The fraction of sp³-hybridized carbons (Fsp3) is 0.294. The van der Waals surface area contributed by atoms with Crippen LogP contribution in [0.3, 0.4) is 0 Å². The van der Waals surface area contributed by atoms with E-state index >= 15 is 0 Å². The maximum atomic E-state index is 12.6. The first-order chi connectivity index (χ1) is 10.5. The van der Waals surface area contributed by atoms with Crippen molar-refractivity contribution in [2.45, 2.75) is 27.2 Å². The molecule has 0 saturated heterocycles. The number of anilines is 1. The minimum atomic E-state index is -0.274. The van der Waals surface area contributed by atoms with E-state index in [0.29, 0.717) is 34.3 Å². The minimum absolute atomic E-state index is 0.274. The zero-order chi connectivity index (χ0) is 16.1. The molecule has 0 fully saturated rings. The van der Waals surface area contributed by atoms with Crippen LogP contribution in [0.2, 0.25) is 5.02 Å². The van der Waals surface area contributed by atoms with Gasteiger partial charge in [0.15, 0.2) is 0 Å². The highest BCUT2D eigenvalue weighted by Gasteiger charge is 2.18. The number of nitrogens with one attached hydrogen (secondary N) is 1. The second kappa shape index (κ2) is 7.27. The fourth-order valence-corrected chi connectivity index (χ4v) is 2.33. The summed E-state index contributed by atoms with van der Waals surface area (Å²) in [5.74, 6) is 0.278. The number of hydrogen-bond donors (Lipinski definition) is 1. The lowest BCUT2D eigenvalue weighted by atomic mass is 10.1. The molecule has 1 N–H and O–H groups in total. The summed E-state index contributed by atoms with van der Waals surface area (Å²) in [6, 6.07) is 8.89. The summed E-state index contributed by atoms with van der Waals surface area (Å²) in [6.45, 7) is 6.24. The number of halogens is 1. The number of benzene rings is 1. The van der Waals surface area contributed by atoms with Gasteiger partial charge in [0.05, 0.1) is 23.0 Å². The van der Waals surface area contributed by atoms with E-state index in [9.17, 15) is 4.79 Å². The van der Waals surface area contributed by atoms with Crippen LogP contribution in [-0.2, 0) is 0 Å². The van der Waals surface area contributed by atoms with Crippen LogP contribution < -0.4 is 10.1 Å². The maximum Gasteiger partial charge on any atom is 0.261 e. The Labute approximate surface area is 135 Å². The number of amides is 1. The summed E-state index contributed by atoms with van der Waals surface area (Å²) in [6.07, 6.45) is 0.867. The number of rotatable bonds is 5. The fourth-order valence-electron chi connectivity index (χ4n) is 2.14. The molecule has 2 aromatic rings. The molecule has 2 rings (SSSR count). The summed E-state index contributed by atoms with van der Waals surface area (Å²) in [7, 11) is 0. The largest absolute Gasteiger partial charge is 0.493 e. The van der Waals surface area contributed by atoms with E-state index in [-0.39, 0.29) is 5.91 Å². The number of hydrogen-bond acceptors (Lipinski definition) is 3. The Balaban J connectivity index is 2.34. The molecule has 0 bridgehead atoms. The molecule has 0 aliphatic heterocycles. The molecule has 22 heavy (non-hydrogen) atoms. The van der Waals surface area contributed by atoms with Crippen molar-refractivity contribution in [1.82, 2.24) is 4.98 Å². The Morgan fingerprint density at radius 3 is 2.73 bits per heavy atom. The molecule has 0 unspecified atom stereocenters. The van der Waals surface area contributed by atoms with E-state index in [4.69, 9.17) is 16.3 Å². The van der Waals surface area contributed by atoms with Crippen molar-refractivity contribution in [2.75, 3.05) is 11.9 Å². The number of para-hydroxylation sites is 1. The number of ether oxygens (including phenoxy) is 1. The van der Waals surface area contributed by atoms with Gasteiger partial charge >= 0.3 is 0 Å². The second-order valence-corrected chi connectivity index (χ2v) is 5.41. The van der Waals surface area contributed by atoms with Crippen LogP contribution in [0.25, 0.3) is 0 Å². The van der Waals surface area contributed by atoms with Gasteiger partial charge in [-0.25, -0.2) is 0 Å². The van der Waals surface area contributed by atoms with Gasteiger partial charge in [-0.2, -0.15) is 0 Å². The van der Waals surface area contributed by atoms with Crippen molar-refractivity contribution in [3.05, 3.63) is 52.3 Å². The van der Waals surface area contributed by atoms with Crippen LogP contribution in [0.5, 0.6) is 5.75 Å².